The van der Waals surface area contributed by atoms with Gasteiger partial charge in [-0.25, -0.2) is 0 Å². The average Bonchev–Trinajstić information content (AvgIpc) is 2.15. The van der Waals surface area contributed by atoms with Gasteiger partial charge in [0.2, 0.25) is 0 Å². The highest BCUT2D eigenvalue weighted by Gasteiger charge is 2.48. The van der Waals surface area contributed by atoms with Crippen LogP contribution in [-0.4, -0.2) is 3.23 Å². The van der Waals surface area contributed by atoms with Gasteiger partial charge >= 0.3 is 0 Å². The van der Waals surface area contributed by atoms with E-state index >= 15 is 0 Å². The lowest BCUT2D eigenvalue weighted by atomic mass is 10.4. The fraction of sp³-hybridized carbons (Fsp3) is 0.667. The highest BCUT2D eigenvalue weighted by molar-refractivity contribution is 9.25. The highest BCUT2D eigenvalue weighted by Crippen LogP contribution is 2.56. The van der Waals surface area contributed by atoms with Crippen molar-refractivity contribution >= 4 is 31.9 Å². The van der Waals surface area contributed by atoms with Gasteiger partial charge in [0, 0.05) is 5.92 Å². The standard InChI is InChI=1S/C6H8Br2/c1-2-3-5-4-6(5,7)8/h2-3,5H,4H2,1H3/b3-2-. The second-order valence-electron chi connectivity index (χ2n) is 2.10. The van der Waals surface area contributed by atoms with Crippen LogP contribution in [0.3, 0.4) is 0 Å². The molecule has 1 fully saturated rings. The molecule has 0 aliphatic heterocycles. The van der Waals surface area contributed by atoms with Crippen LogP contribution >= 0.6 is 31.9 Å². The zero-order valence-corrected chi connectivity index (χ0v) is 7.87. The third kappa shape index (κ3) is 1.35. The summed E-state index contributed by atoms with van der Waals surface area (Å²) in [4.78, 5) is 0. The lowest BCUT2D eigenvalue weighted by Gasteiger charge is -1.89. The molecule has 1 atom stereocenters. The summed E-state index contributed by atoms with van der Waals surface area (Å²) in [7, 11) is 0. The Balaban J connectivity index is 2.37. The van der Waals surface area contributed by atoms with Crippen LogP contribution in [0.1, 0.15) is 13.3 Å². The summed E-state index contributed by atoms with van der Waals surface area (Å²) in [5, 5.41) is 0. The van der Waals surface area contributed by atoms with Gasteiger partial charge in [0.25, 0.3) is 0 Å². The SMILES string of the molecule is C/C=C\C1CC1(Br)Br. The Hall–Kier alpha value is 0.700. The molecule has 0 N–H and O–H groups in total. The summed E-state index contributed by atoms with van der Waals surface area (Å²) < 4.78 is 0.256. The topological polar surface area (TPSA) is 0 Å². The molecule has 0 amide bonds. The minimum atomic E-state index is 0.256. The lowest BCUT2D eigenvalue weighted by Crippen LogP contribution is -1.81. The molecule has 0 aromatic rings. The van der Waals surface area contributed by atoms with Gasteiger partial charge in [-0.05, 0) is 13.3 Å². The van der Waals surface area contributed by atoms with Crippen molar-refractivity contribution in [1.29, 1.82) is 0 Å². The number of hydrogen-bond acceptors (Lipinski definition) is 0. The van der Waals surface area contributed by atoms with Crippen LogP contribution in [0.2, 0.25) is 0 Å². The Labute approximate surface area is 66.6 Å². The van der Waals surface area contributed by atoms with E-state index in [4.69, 9.17) is 0 Å². The highest BCUT2D eigenvalue weighted by atomic mass is 79.9. The van der Waals surface area contributed by atoms with Crippen LogP contribution in [0.5, 0.6) is 0 Å². The van der Waals surface area contributed by atoms with Gasteiger partial charge in [0.05, 0.1) is 3.23 Å². The van der Waals surface area contributed by atoms with Crippen molar-refractivity contribution in [3.05, 3.63) is 12.2 Å². The summed E-state index contributed by atoms with van der Waals surface area (Å²) in [6.45, 7) is 2.05. The zero-order chi connectivity index (χ0) is 6.20. The molecule has 46 valence electrons. The van der Waals surface area contributed by atoms with E-state index in [-0.39, 0.29) is 3.23 Å². The molecule has 0 bridgehead atoms. The lowest BCUT2D eigenvalue weighted by molar-refractivity contribution is 1.12. The van der Waals surface area contributed by atoms with Gasteiger partial charge in [-0.15, -0.1) is 0 Å². The predicted octanol–water partition coefficient (Wildman–Crippen LogP) is 3.07. The maximum absolute atomic E-state index is 3.52. The molecule has 0 radical (unpaired) electrons. The van der Waals surface area contributed by atoms with E-state index in [1.54, 1.807) is 0 Å². The van der Waals surface area contributed by atoms with Crippen LogP contribution in [-0.2, 0) is 0 Å². The zero-order valence-electron chi connectivity index (χ0n) is 4.70. The number of rotatable bonds is 1. The third-order valence-electron chi connectivity index (χ3n) is 1.30. The number of alkyl halides is 2. The molecule has 0 aromatic heterocycles. The maximum Gasteiger partial charge on any atom is 0.0875 e. The van der Waals surface area contributed by atoms with Crippen molar-refractivity contribution in [2.75, 3.05) is 0 Å². The maximum atomic E-state index is 3.52. The van der Waals surface area contributed by atoms with E-state index in [0.717, 1.165) is 0 Å². The normalized spacial score (nSPS) is 33.6. The van der Waals surface area contributed by atoms with Crippen LogP contribution < -0.4 is 0 Å². The van der Waals surface area contributed by atoms with Crippen molar-refractivity contribution in [1.82, 2.24) is 0 Å². The van der Waals surface area contributed by atoms with Crippen LogP contribution in [0.25, 0.3) is 0 Å². The molecule has 1 aliphatic carbocycles. The summed E-state index contributed by atoms with van der Waals surface area (Å²) in [5.74, 6) is 0.715. The first-order chi connectivity index (χ1) is 3.67. The summed E-state index contributed by atoms with van der Waals surface area (Å²) in [6.07, 6.45) is 5.52. The van der Waals surface area contributed by atoms with Gasteiger partial charge in [-0.1, -0.05) is 44.0 Å². The quantitative estimate of drug-likeness (QED) is 0.488. The second-order valence-corrected chi connectivity index (χ2v) is 5.99. The number of halogens is 2. The first-order valence-electron chi connectivity index (χ1n) is 2.67. The Morgan fingerprint density at radius 2 is 2.12 bits per heavy atom. The molecule has 8 heavy (non-hydrogen) atoms. The molecular weight excluding hydrogens is 232 g/mol. The molecule has 0 spiro atoms. The Morgan fingerprint density at radius 3 is 2.25 bits per heavy atom. The van der Waals surface area contributed by atoms with Crippen LogP contribution in [0.4, 0.5) is 0 Å². The molecule has 2 heteroatoms. The smallest absolute Gasteiger partial charge is 0.0875 e. The van der Waals surface area contributed by atoms with E-state index in [2.05, 4.69) is 50.9 Å². The van der Waals surface area contributed by atoms with E-state index < -0.39 is 0 Å². The van der Waals surface area contributed by atoms with Gasteiger partial charge in [0.1, 0.15) is 0 Å². The van der Waals surface area contributed by atoms with Crippen LogP contribution in [0.15, 0.2) is 12.2 Å². The predicted molar refractivity (Wildman–Crippen MR) is 43.5 cm³/mol. The van der Waals surface area contributed by atoms with Gasteiger partial charge in [-0.2, -0.15) is 0 Å². The van der Waals surface area contributed by atoms with E-state index in [0.29, 0.717) is 5.92 Å². The first kappa shape index (κ1) is 6.81. The number of allylic oxidation sites excluding steroid dienone is 2. The molecule has 1 saturated carbocycles. The first-order valence-corrected chi connectivity index (χ1v) is 4.26. The molecule has 1 unspecified atom stereocenters. The molecular formula is C6H8Br2. The van der Waals surface area contributed by atoms with Crippen molar-refractivity contribution < 1.29 is 0 Å². The van der Waals surface area contributed by atoms with Crippen molar-refractivity contribution in [3.63, 3.8) is 0 Å². The summed E-state index contributed by atoms with van der Waals surface area (Å²) >= 11 is 7.04. The van der Waals surface area contributed by atoms with E-state index in [1.165, 1.54) is 6.42 Å². The Kier molecular flexibility index (Phi) is 1.83. The fourth-order valence-electron chi connectivity index (χ4n) is 0.675. The molecule has 0 nitrogen and oxygen atoms in total. The average molecular weight is 240 g/mol. The summed E-state index contributed by atoms with van der Waals surface area (Å²) in [6, 6.07) is 0. The van der Waals surface area contributed by atoms with Gasteiger partial charge < -0.3 is 0 Å². The molecule has 0 heterocycles. The monoisotopic (exact) mass is 238 g/mol. The van der Waals surface area contributed by atoms with Crippen molar-refractivity contribution in [3.8, 4) is 0 Å². The minimum absolute atomic E-state index is 0.256. The molecule has 1 rings (SSSR count). The van der Waals surface area contributed by atoms with Gasteiger partial charge in [0.15, 0.2) is 0 Å². The Morgan fingerprint density at radius 1 is 1.62 bits per heavy atom. The molecule has 0 aromatic carbocycles. The second kappa shape index (κ2) is 2.14. The van der Waals surface area contributed by atoms with Crippen LogP contribution in [0, 0.1) is 5.92 Å². The molecule has 0 saturated heterocycles. The van der Waals surface area contributed by atoms with Crippen molar-refractivity contribution in [2.45, 2.75) is 16.6 Å². The van der Waals surface area contributed by atoms with E-state index in [9.17, 15) is 0 Å². The fourth-order valence-corrected chi connectivity index (χ4v) is 1.68. The number of hydrogen-bond donors (Lipinski definition) is 0. The molecule has 1 aliphatic rings. The third-order valence-corrected chi connectivity index (χ3v) is 3.12. The van der Waals surface area contributed by atoms with Crippen molar-refractivity contribution in [2.24, 2.45) is 5.92 Å². The minimum Gasteiger partial charge on any atom is -0.0913 e. The summed E-state index contributed by atoms with van der Waals surface area (Å²) in [5.41, 5.74) is 0. The van der Waals surface area contributed by atoms with Gasteiger partial charge in [-0.3, -0.25) is 0 Å². The van der Waals surface area contributed by atoms with E-state index in [1.807, 2.05) is 0 Å². The Bertz CT molecular complexity index is 116. The largest absolute Gasteiger partial charge is 0.0913 e.